The number of ether oxygens (including phenoxy) is 4. The lowest BCUT2D eigenvalue weighted by atomic mass is 10.0. The van der Waals surface area contributed by atoms with Crippen LogP contribution in [-0.2, 0) is 18.0 Å². The van der Waals surface area contributed by atoms with Crippen LogP contribution in [0.5, 0.6) is 17.2 Å². The summed E-state index contributed by atoms with van der Waals surface area (Å²) in [5.41, 5.74) is 4.13. The highest BCUT2D eigenvalue weighted by atomic mass is 79.9. The highest BCUT2D eigenvalue weighted by Gasteiger charge is 2.30. The van der Waals surface area contributed by atoms with Gasteiger partial charge in [-0.05, 0) is 42.3 Å². The molecule has 2 aliphatic rings. The Kier molecular flexibility index (Phi) is 5.26. The molecule has 2 aliphatic heterocycles. The Morgan fingerprint density at radius 1 is 1.13 bits per heavy atom. The standard InChI is InChI=1S/C25H19BrO5/c1-15-7-20(29-12-16-5-3-2-4-6-16)11-21-23(15)24(27)22(31-21)10-17-8-19(26)9-18-13-28-14-30-25(17)18/h2-11H,12-14H2,1H3/b22-10-. The predicted octanol–water partition coefficient (Wildman–Crippen LogP) is 5.82. The largest absolute Gasteiger partial charge is 0.489 e. The third-order valence-corrected chi connectivity index (χ3v) is 5.64. The zero-order valence-electron chi connectivity index (χ0n) is 16.8. The van der Waals surface area contributed by atoms with E-state index in [9.17, 15) is 4.79 Å². The summed E-state index contributed by atoms with van der Waals surface area (Å²) >= 11 is 3.51. The van der Waals surface area contributed by atoms with Crippen molar-refractivity contribution in [1.82, 2.24) is 0 Å². The normalized spacial score (nSPS) is 15.8. The number of hydrogen-bond donors (Lipinski definition) is 0. The van der Waals surface area contributed by atoms with E-state index < -0.39 is 0 Å². The van der Waals surface area contributed by atoms with Crippen LogP contribution in [0.2, 0.25) is 0 Å². The first kappa shape index (κ1) is 19.8. The van der Waals surface area contributed by atoms with Crippen molar-refractivity contribution in [1.29, 1.82) is 0 Å². The van der Waals surface area contributed by atoms with Gasteiger partial charge < -0.3 is 18.9 Å². The molecule has 0 N–H and O–H groups in total. The molecule has 0 amide bonds. The van der Waals surface area contributed by atoms with Gasteiger partial charge >= 0.3 is 0 Å². The van der Waals surface area contributed by atoms with E-state index >= 15 is 0 Å². The Hall–Kier alpha value is -3.09. The van der Waals surface area contributed by atoms with E-state index in [-0.39, 0.29) is 18.3 Å². The van der Waals surface area contributed by atoms with Crippen LogP contribution in [0.3, 0.4) is 0 Å². The van der Waals surface area contributed by atoms with Gasteiger partial charge in [0.2, 0.25) is 5.78 Å². The van der Waals surface area contributed by atoms with Gasteiger partial charge in [0, 0.05) is 21.7 Å². The lowest BCUT2D eigenvalue weighted by Gasteiger charge is -2.20. The first-order valence-corrected chi connectivity index (χ1v) is 10.7. The molecule has 156 valence electrons. The molecular weight excluding hydrogens is 460 g/mol. The minimum absolute atomic E-state index is 0.150. The molecule has 2 heterocycles. The number of allylic oxidation sites excluding steroid dienone is 1. The number of halogens is 1. The summed E-state index contributed by atoms with van der Waals surface area (Å²) in [6.07, 6.45) is 1.72. The fraction of sp³-hybridized carbons (Fsp3) is 0.160. The van der Waals surface area contributed by atoms with E-state index in [0.29, 0.717) is 36.0 Å². The van der Waals surface area contributed by atoms with E-state index in [1.54, 1.807) is 12.1 Å². The van der Waals surface area contributed by atoms with Gasteiger partial charge in [-0.3, -0.25) is 4.79 Å². The van der Waals surface area contributed by atoms with Crippen LogP contribution in [-0.4, -0.2) is 12.6 Å². The van der Waals surface area contributed by atoms with Crippen LogP contribution in [0.25, 0.3) is 6.08 Å². The number of carbonyl (C=O) groups excluding carboxylic acids is 1. The van der Waals surface area contributed by atoms with Crippen molar-refractivity contribution in [3.63, 3.8) is 0 Å². The summed E-state index contributed by atoms with van der Waals surface area (Å²) in [7, 11) is 0. The molecule has 0 aliphatic carbocycles. The zero-order chi connectivity index (χ0) is 21.4. The maximum absolute atomic E-state index is 13.1. The Balaban J connectivity index is 1.44. The van der Waals surface area contributed by atoms with Crippen molar-refractivity contribution < 1.29 is 23.7 Å². The Bertz CT molecular complexity index is 1200. The summed E-state index contributed by atoms with van der Waals surface area (Å²) in [6, 6.07) is 17.4. The molecule has 0 fully saturated rings. The number of aryl methyl sites for hydroxylation is 1. The summed E-state index contributed by atoms with van der Waals surface area (Å²) in [5.74, 6) is 1.98. The van der Waals surface area contributed by atoms with Crippen molar-refractivity contribution in [3.8, 4) is 17.2 Å². The van der Waals surface area contributed by atoms with Gasteiger partial charge in [-0.25, -0.2) is 0 Å². The molecule has 3 aromatic rings. The smallest absolute Gasteiger partial charge is 0.232 e. The van der Waals surface area contributed by atoms with E-state index in [0.717, 1.165) is 26.7 Å². The van der Waals surface area contributed by atoms with Crippen LogP contribution in [0.4, 0.5) is 0 Å². The molecule has 0 saturated heterocycles. The van der Waals surface area contributed by atoms with Gasteiger partial charge in [0.25, 0.3) is 0 Å². The summed E-state index contributed by atoms with van der Waals surface area (Å²) in [4.78, 5) is 13.1. The Morgan fingerprint density at radius 3 is 2.81 bits per heavy atom. The van der Waals surface area contributed by atoms with Crippen LogP contribution in [0.15, 0.2) is 64.8 Å². The molecule has 0 saturated carbocycles. The third kappa shape index (κ3) is 3.96. The number of rotatable bonds is 4. The van der Waals surface area contributed by atoms with Gasteiger partial charge in [-0.1, -0.05) is 46.3 Å². The molecule has 0 aromatic heterocycles. The van der Waals surface area contributed by atoms with Crippen molar-refractivity contribution in [2.45, 2.75) is 20.1 Å². The molecule has 5 nitrogen and oxygen atoms in total. The maximum atomic E-state index is 13.1. The van der Waals surface area contributed by atoms with Crippen LogP contribution >= 0.6 is 15.9 Å². The molecule has 0 radical (unpaired) electrons. The lowest BCUT2D eigenvalue weighted by Crippen LogP contribution is -2.12. The van der Waals surface area contributed by atoms with E-state index in [1.807, 2.05) is 55.5 Å². The highest BCUT2D eigenvalue weighted by Crippen LogP contribution is 2.39. The van der Waals surface area contributed by atoms with Crippen molar-refractivity contribution in [2.75, 3.05) is 6.79 Å². The molecule has 6 heteroatoms. The highest BCUT2D eigenvalue weighted by molar-refractivity contribution is 9.10. The van der Waals surface area contributed by atoms with Gasteiger partial charge in [0.1, 0.15) is 23.9 Å². The second-order valence-electron chi connectivity index (χ2n) is 7.42. The average Bonchev–Trinajstić information content (AvgIpc) is 3.08. The number of hydrogen-bond acceptors (Lipinski definition) is 5. The fourth-order valence-corrected chi connectivity index (χ4v) is 4.28. The monoisotopic (exact) mass is 478 g/mol. The molecule has 5 rings (SSSR count). The second-order valence-corrected chi connectivity index (χ2v) is 8.34. The maximum Gasteiger partial charge on any atom is 0.232 e. The summed E-state index contributed by atoms with van der Waals surface area (Å²) in [6.45, 7) is 2.97. The topological polar surface area (TPSA) is 54.0 Å². The first-order valence-electron chi connectivity index (χ1n) is 9.87. The second kappa shape index (κ2) is 8.21. The molecule has 0 unspecified atom stereocenters. The van der Waals surface area contributed by atoms with Gasteiger partial charge in [0.05, 0.1) is 12.2 Å². The van der Waals surface area contributed by atoms with Crippen molar-refractivity contribution in [2.24, 2.45) is 0 Å². The van der Waals surface area contributed by atoms with Crippen molar-refractivity contribution in [3.05, 3.63) is 92.6 Å². The SMILES string of the molecule is Cc1cc(OCc2ccccc2)cc2c1C(=O)/C(=C/c1cc(Br)cc3c1OCOC3)O2. The minimum Gasteiger partial charge on any atom is -0.489 e. The van der Waals surface area contributed by atoms with Gasteiger partial charge in [-0.2, -0.15) is 0 Å². The molecule has 3 aromatic carbocycles. The fourth-order valence-electron chi connectivity index (χ4n) is 3.76. The molecular formula is C25H19BrO5. The summed E-state index contributed by atoms with van der Waals surface area (Å²) in [5, 5.41) is 0. The van der Waals surface area contributed by atoms with Gasteiger partial charge in [-0.15, -0.1) is 0 Å². The molecule has 0 bridgehead atoms. The molecule has 0 spiro atoms. The Morgan fingerprint density at radius 2 is 1.97 bits per heavy atom. The van der Waals surface area contributed by atoms with E-state index in [4.69, 9.17) is 18.9 Å². The first-order chi connectivity index (χ1) is 15.1. The van der Waals surface area contributed by atoms with Crippen LogP contribution in [0.1, 0.15) is 32.6 Å². The third-order valence-electron chi connectivity index (χ3n) is 5.18. The predicted molar refractivity (Wildman–Crippen MR) is 119 cm³/mol. The number of fused-ring (bicyclic) bond motifs is 2. The number of Topliss-reactive ketones (excluding diaryl/α,β-unsaturated/α-hetero) is 1. The zero-order valence-corrected chi connectivity index (χ0v) is 18.4. The lowest BCUT2D eigenvalue weighted by molar-refractivity contribution is -0.0165. The number of ketones is 1. The molecule has 0 atom stereocenters. The Labute approximate surface area is 188 Å². The van der Waals surface area contributed by atoms with E-state index in [2.05, 4.69) is 15.9 Å². The average molecular weight is 479 g/mol. The van der Waals surface area contributed by atoms with E-state index in [1.165, 1.54) is 0 Å². The van der Waals surface area contributed by atoms with Gasteiger partial charge in [0.15, 0.2) is 12.6 Å². The van der Waals surface area contributed by atoms with Crippen molar-refractivity contribution >= 4 is 27.8 Å². The number of benzene rings is 3. The van der Waals surface area contributed by atoms with Crippen LogP contribution in [0, 0.1) is 6.92 Å². The summed E-state index contributed by atoms with van der Waals surface area (Å²) < 4.78 is 23.8. The number of carbonyl (C=O) groups is 1. The quantitative estimate of drug-likeness (QED) is 0.442. The minimum atomic E-state index is -0.150. The van der Waals surface area contributed by atoms with Crippen LogP contribution < -0.4 is 14.2 Å². The molecule has 31 heavy (non-hydrogen) atoms.